The van der Waals surface area contributed by atoms with E-state index in [1.54, 1.807) is 42.6 Å². The first kappa shape index (κ1) is 24.2. The fourth-order valence-corrected chi connectivity index (χ4v) is 4.39. The Morgan fingerprint density at radius 1 is 1.23 bits per heavy atom. The lowest BCUT2D eigenvalue weighted by Gasteiger charge is -2.02. The quantitative estimate of drug-likeness (QED) is 0.123. The van der Waals surface area contributed by atoms with Crippen molar-refractivity contribution in [1.29, 1.82) is 5.26 Å². The number of hydrogen-bond donors (Lipinski definition) is 1. The van der Waals surface area contributed by atoms with Crippen molar-refractivity contribution in [2.75, 3.05) is 5.32 Å². The molecule has 35 heavy (non-hydrogen) atoms. The van der Waals surface area contributed by atoms with E-state index in [2.05, 4.69) is 10.3 Å². The van der Waals surface area contributed by atoms with E-state index in [1.807, 2.05) is 6.07 Å². The third-order valence-electron chi connectivity index (χ3n) is 4.79. The molecule has 1 amide bonds. The third kappa shape index (κ3) is 5.75. The van der Waals surface area contributed by atoms with E-state index < -0.39 is 10.8 Å². The van der Waals surface area contributed by atoms with Gasteiger partial charge in [-0.25, -0.2) is 4.98 Å². The molecule has 2 aromatic carbocycles. The molecule has 11 heteroatoms. The molecule has 0 aliphatic rings. The largest absolute Gasteiger partial charge is 0.456 e. The summed E-state index contributed by atoms with van der Waals surface area (Å²) in [6.07, 6.45) is 3.35. The SMILES string of the molecule is N#C/C(=C\c1ccc(-c2ccccc2[N+](=O)[O-])o1)C(=O)Nc1ncc(Cc2cc(Cl)ccc2Cl)s1. The molecular weight excluding hydrogens is 511 g/mol. The summed E-state index contributed by atoms with van der Waals surface area (Å²) in [5.41, 5.74) is 0.776. The molecule has 0 atom stereocenters. The van der Waals surface area contributed by atoms with Crippen molar-refractivity contribution in [3.63, 3.8) is 0 Å². The van der Waals surface area contributed by atoms with E-state index in [9.17, 15) is 20.2 Å². The normalized spacial score (nSPS) is 11.2. The fourth-order valence-electron chi connectivity index (χ4n) is 3.19. The molecule has 0 saturated heterocycles. The zero-order valence-electron chi connectivity index (χ0n) is 17.7. The smallest absolute Gasteiger partial charge is 0.280 e. The number of para-hydroxylation sites is 1. The Kier molecular flexibility index (Phi) is 7.27. The maximum absolute atomic E-state index is 12.6. The Morgan fingerprint density at radius 2 is 2.03 bits per heavy atom. The van der Waals surface area contributed by atoms with Crippen LogP contribution in [0, 0.1) is 21.4 Å². The van der Waals surface area contributed by atoms with Gasteiger partial charge in [0.2, 0.25) is 0 Å². The highest BCUT2D eigenvalue weighted by Crippen LogP contribution is 2.31. The van der Waals surface area contributed by atoms with Gasteiger partial charge in [0.25, 0.3) is 11.6 Å². The van der Waals surface area contributed by atoms with Crippen molar-refractivity contribution in [2.24, 2.45) is 0 Å². The van der Waals surface area contributed by atoms with Crippen LogP contribution in [0.1, 0.15) is 16.2 Å². The second-order valence-corrected chi connectivity index (χ2v) is 9.10. The molecule has 0 unspecified atom stereocenters. The van der Waals surface area contributed by atoms with E-state index in [4.69, 9.17) is 27.6 Å². The number of aromatic nitrogens is 1. The summed E-state index contributed by atoms with van der Waals surface area (Å²) in [4.78, 5) is 28.4. The average molecular weight is 525 g/mol. The highest BCUT2D eigenvalue weighted by molar-refractivity contribution is 7.15. The van der Waals surface area contributed by atoms with Gasteiger partial charge in [0.1, 0.15) is 23.2 Å². The molecule has 0 radical (unpaired) electrons. The van der Waals surface area contributed by atoms with Crippen LogP contribution in [-0.4, -0.2) is 15.8 Å². The number of nitro benzene ring substituents is 1. The lowest BCUT2D eigenvalue weighted by molar-refractivity contribution is -0.384. The number of nitriles is 1. The van der Waals surface area contributed by atoms with E-state index in [0.717, 1.165) is 10.4 Å². The summed E-state index contributed by atoms with van der Waals surface area (Å²) in [5.74, 6) is -0.233. The molecular formula is C24H14Cl2N4O4S. The number of hydrogen-bond acceptors (Lipinski definition) is 7. The van der Waals surface area contributed by atoms with Crippen LogP contribution in [0.2, 0.25) is 10.0 Å². The maximum Gasteiger partial charge on any atom is 0.280 e. The van der Waals surface area contributed by atoms with Gasteiger partial charge in [-0.15, -0.1) is 11.3 Å². The van der Waals surface area contributed by atoms with Gasteiger partial charge in [-0.05, 0) is 42.0 Å². The lowest BCUT2D eigenvalue weighted by Crippen LogP contribution is -2.13. The zero-order chi connectivity index (χ0) is 24.9. The van der Waals surface area contributed by atoms with Crippen LogP contribution in [0.4, 0.5) is 10.8 Å². The van der Waals surface area contributed by atoms with Crippen molar-refractivity contribution in [3.8, 4) is 17.4 Å². The highest BCUT2D eigenvalue weighted by atomic mass is 35.5. The third-order valence-corrected chi connectivity index (χ3v) is 6.31. The minimum Gasteiger partial charge on any atom is -0.456 e. The summed E-state index contributed by atoms with van der Waals surface area (Å²) in [5, 5.41) is 24.8. The number of thiazole rings is 1. The number of amides is 1. The van der Waals surface area contributed by atoms with Crippen LogP contribution in [0.5, 0.6) is 0 Å². The standard InChI is InChI=1S/C24H14Cl2N4O4S/c25-16-5-7-20(26)14(9-16)11-18-13-28-24(35-18)29-23(31)15(12-27)10-17-6-8-22(34-17)19-3-1-2-4-21(19)30(32)33/h1-10,13H,11H2,(H,28,29,31)/b15-10+. The second kappa shape index (κ2) is 10.5. The summed E-state index contributed by atoms with van der Waals surface area (Å²) >= 11 is 13.5. The molecule has 0 aliphatic heterocycles. The molecule has 0 bridgehead atoms. The number of halogens is 2. The fraction of sp³-hybridized carbons (Fsp3) is 0.0417. The molecule has 174 valence electrons. The molecule has 8 nitrogen and oxygen atoms in total. The van der Waals surface area contributed by atoms with Crippen molar-refractivity contribution in [3.05, 3.63) is 103 Å². The van der Waals surface area contributed by atoms with Crippen LogP contribution in [0.25, 0.3) is 17.4 Å². The van der Waals surface area contributed by atoms with Crippen LogP contribution >= 0.6 is 34.5 Å². The number of anilines is 1. The second-order valence-electron chi connectivity index (χ2n) is 7.14. The van der Waals surface area contributed by atoms with Crippen molar-refractivity contribution in [1.82, 2.24) is 4.98 Å². The number of carbonyl (C=O) groups excluding carboxylic acids is 1. The summed E-state index contributed by atoms with van der Waals surface area (Å²) in [6, 6.07) is 16.2. The molecule has 4 rings (SSSR count). The number of nitrogens with one attached hydrogen (secondary N) is 1. The van der Waals surface area contributed by atoms with Crippen LogP contribution < -0.4 is 5.32 Å². The number of nitrogens with zero attached hydrogens (tertiary/aromatic N) is 3. The number of benzene rings is 2. The Bertz CT molecular complexity index is 1500. The summed E-state index contributed by atoms with van der Waals surface area (Å²) < 4.78 is 5.64. The first-order valence-electron chi connectivity index (χ1n) is 9.99. The van der Waals surface area contributed by atoms with Gasteiger partial charge >= 0.3 is 0 Å². The van der Waals surface area contributed by atoms with Gasteiger partial charge in [-0.2, -0.15) is 5.26 Å². The van der Waals surface area contributed by atoms with E-state index in [-0.39, 0.29) is 28.3 Å². The summed E-state index contributed by atoms with van der Waals surface area (Å²) in [6.45, 7) is 0. The van der Waals surface area contributed by atoms with Gasteiger partial charge < -0.3 is 4.42 Å². The minimum absolute atomic E-state index is 0.116. The topological polar surface area (TPSA) is 122 Å². The van der Waals surface area contributed by atoms with Gasteiger partial charge in [0.05, 0.1) is 10.5 Å². The van der Waals surface area contributed by atoms with E-state index >= 15 is 0 Å². The first-order chi connectivity index (χ1) is 16.8. The zero-order valence-corrected chi connectivity index (χ0v) is 20.0. The van der Waals surface area contributed by atoms with E-state index in [0.29, 0.717) is 21.6 Å². The predicted molar refractivity (Wildman–Crippen MR) is 134 cm³/mol. The van der Waals surface area contributed by atoms with Crippen LogP contribution in [0.15, 0.2) is 70.8 Å². The number of carbonyl (C=O) groups is 1. The molecule has 0 fully saturated rings. The Labute approximate surface area is 213 Å². The molecule has 2 heterocycles. The molecule has 0 spiro atoms. The van der Waals surface area contributed by atoms with Crippen LogP contribution in [-0.2, 0) is 11.2 Å². The Balaban J connectivity index is 1.49. The van der Waals surface area contributed by atoms with E-state index in [1.165, 1.54) is 35.6 Å². The number of furan rings is 1. The molecule has 0 saturated carbocycles. The molecule has 0 aliphatic carbocycles. The molecule has 2 aromatic heterocycles. The van der Waals surface area contributed by atoms with Gasteiger partial charge in [-0.3, -0.25) is 20.2 Å². The van der Waals surface area contributed by atoms with Crippen molar-refractivity contribution < 1.29 is 14.1 Å². The minimum atomic E-state index is -0.669. The van der Waals surface area contributed by atoms with Gasteiger partial charge in [0, 0.05) is 39.7 Å². The number of rotatable bonds is 7. The predicted octanol–water partition coefficient (Wildman–Crippen LogP) is 6.75. The molecule has 1 N–H and O–H groups in total. The highest BCUT2D eigenvalue weighted by Gasteiger charge is 2.18. The lowest BCUT2D eigenvalue weighted by atomic mass is 10.1. The van der Waals surface area contributed by atoms with Crippen molar-refractivity contribution >= 4 is 57.3 Å². The molecule has 4 aromatic rings. The average Bonchev–Trinajstić information content (AvgIpc) is 3.49. The Hall–Kier alpha value is -3.97. The van der Waals surface area contributed by atoms with Gasteiger partial charge in [-0.1, -0.05) is 35.3 Å². The van der Waals surface area contributed by atoms with Crippen molar-refractivity contribution in [2.45, 2.75) is 6.42 Å². The first-order valence-corrected chi connectivity index (χ1v) is 11.6. The maximum atomic E-state index is 12.6. The summed E-state index contributed by atoms with van der Waals surface area (Å²) in [7, 11) is 0. The monoisotopic (exact) mass is 524 g/mol. The Morgan fingerprint density at radius 3 is 2.80 bits per heavy atom. The number of nitro groups is 1. The van der Waals surface area contributed by atoms with Crippen LogP contribution in [0.3, 0.4) is 0 Å². The van der Waals surface area contributed by atoms with Gasteiger partial charge in [0.15, 0.2) is 5.13 Å².